The van der Waals surface area contributed by atoms with Crippen LogP contribution in [0.25, 0.3) is 11.3 Å². The number of nitrogens with one attached hydrogen (secondary N) is 1. The van der Waals surface area contributed by atoms with Gasteiger partial charge in [0.15, 0.2) is 0 Å². The lowest BCUT2D eigenvalue weighted by atomic mass is 10.1. The summed E-state index contributed by atoms with van der Waals surface area (Å²) in [7, 11) is 1.67. The van der Waals surface area contributed by atoms with E-state index in [1.54, 1.807) is 13.3 Å². The molecule has 28 heavy (non-hydrogen) atoms. The van der Waals surface area contributed by atoms with Crippen molar-refractivity contribution in [1.82, 2.24) is 15.1 Å². The van der Waals surface area contributed by atoms with Gasteiger partial charge in [0.1, 0.15) is 5.75 Å². The van der Waals surface area contributed by atoms with Gasteiger partial charge in [-0.05, 0) is 55.0 Å². The largest absolute Gasteiger partial charge is 0.497 e. The summed E-state index contributed by atoms with van der Waals surface area (Å²) >= 11 is 0. The van der Waals surface area contributed by atoms with E-state index in [1.165, 1.54) is 0 Å². The Morgan fingerprint density at radius 3 is 2.43 bits per heavy atom. The SMILES string of the molecule is COc1ccc(N2CCN(C(=O)c3ccc(-c4ccn[nH]4)cc3)[C@@H](C)C2)cc1. The molecule has 144 valence electrons. The molecule has 6 nitrogen and oxygen atoms in total. The number of carbonyl (C=O) groups is 1. The summed E-state index contributed by atoms with van der Waals surface area (Å²) in [5, 5.41) is 6.91. The second-order valence-corrected chi connectivity index (χ2v) is 7.04. The molecule has 1 saturated heterocycles. The Morgan fingerprint density at radius 2 is 1.82 bits per heavy atom. The standard InChI is InChI=1S/C22H24N4O2/c1-16-15-25(19-7-9-20(28-2)10-8-19)13-14-26(16)22(27)18-5-3-17(4-6-18)21-11-12-23-24-21/h3-12,16H,13-15H2,1-2H3,(H,23,24)/t16-/m0/s1. The molecule has 0 spiro atoms. The number of methoxy groups -OCH3 is 1. The van der Waals surface area contributed by atoms with Crippen LogP contribution in [-0.2, 0) is 0 Å². The van der Waals surface area contributed by atoms with Crippen molar-refractivity contribution < 1.29 is 9.53 Å². The van der Waals surface area contributed by atoms with Crippen LogP contribution >= 0.6 is 0 Å². The van der Waals surface area contributed by atoms with Crippen LogP contribution in [0.15, 0.2) is 60.8 Å². The fourth-order valence-corrected chi connectivity index (χ4v) is 3.66. The minimum absolute atomic E-state index is 0.0815. The van der Waals surface area contributed by atoms with Gasteiger partial charge in [-0.15, -0.1) is 0 Å². The zero-order chi connectivity index (χ0) is 19.5. The van der Waals surface area contributed by atoms with Gasteiger partial charge in [0, 0.05) is 43.1 Å². The van der Waals surface area contributed by atoms with E-state index in [2.05, 4.69) is 34.2 Å². The molecule has 0 unspecified atom stereocenters. The molecule has 2 aromatic carbocycles. The van der Waals surface area contributed by atoms with E-state index < -0.39 is 0 Å². The Labute approximate surface area is 164 Å². The number of carbonyl (C=O) groups excluding carboxylic acids is 1. The normalized spacial score (nSPS) is 16.9. The summed E-state index contributed by atoms with van der Waals surface area (Å²) in [6.07, 6.45) is 1.72. The van der Waals surface area contributed by atoms with Crippen molar-refractivity contribution >= 4 is 11.6 Å². The molecule has 6 heteroatoms. The van der Waals surface area contributed by atoms with Gasteiger partial charge in [-0.25, -0.2) is 0 Å². The minimum atomic E-state index is 0.0815. The number of nitrogens with zero attached hydrogens (tertiary/aromatic N) is 3. The number of benzene rings is 2. The van der Waals surface area contributed by atoms with E-state index in [-0.39, 0.29) is 11.9 Å². The molecule has 4 rings (SSSR count). The maximum Gasteiger partial charge on any atom is 0.254 e. The third-order valence-electron chi connectivity index (χ3n) is 5.27. The Morgan fingerprint density at radius 1 is 1.07 bits per heavy atom. The molecule has 0 aliphatic carbocycles. The number of anilines is 1. The lowest BCUT2D eigenvalue weighted by molar-refractivity contribution is 0.0674. The Kier molecular flexibility index (Phi) is 5.02. The van der Waals surface area contributed by atoms with Crippen molar-refractivity contribution in [2.75, 3.05) is 31.6 Å². The maximum atomic E-state index is 13.0. The number of aromatic nitrogens is 2. The predicted molar refractivity (Wildman–Crippen MR) is 110 cm³/mol. The molecule has 1 fully saturated rings. The quantitative estimate of drug-likeness (QED) is 0.758. The molecule has 0 saturated carbocycles. The van der Waals surface area contributed by atoms with Crippen molar-refractivity contribution in [3.8, 4) is 17.0 Å². The molecular formula is C22H24N4O2. The van der Waals surface area contributed by atoms with E-state index in [4.69, 9.17) is 4.74 Å². The summed E-state index contributed by atoms with van der Waals surface area (Å²) in [5.41, 5.74) is 3.84. The highest BCUT2D eigenvalue weighted by atomic mass is 16.5. The van der Waals surface area contributed by atoms with E-state index in [9.17, 15) is 4.79 Å². The summed E-state index contributed by atoms with van der Waals surface area (Å²) in [6, 6.07) is 17.8. The van der Waals surface area contributed by atoms with Gasteiger partial charge in [-0.2, -0.15) is 5.10 Å². The number of ether oxygens (including phenoxy) is 1. The van der Waals surface area contributed by atoms with E-state index in [1.807, 2.05) is 47.4 Å². The molecule has 0 radical (unpaired) electrons. The molecule has 1 aliphatic heterocycles. The van der Waals surface area contributed by atoms with Gasteiger partial charge >= 0.3 is 0 Å². The predicted octanol–water partition coefficient (Wildman–Crippen LogP) is 3.44. The fourth-order valence-electron chi connectivity index (χ4n) is 3.66. The van der Waals surface area contributed by atoms with Crippen molar-refractivity contribution in [2.45, 2.75) is 13.0 Å². The smallest absolute Gasteiger partial charge is 0.254 e. The minimum Gasteiger partial charge on any atom is -0.497 e. The molecule has 1 aromatic heterocycles. The molecule has 1 N–H and O–H groups in total. The lowest BCUT2D eigenvalue weighted by Crippen LogP contribution is -2.54. The van der Waals surface area contributed by atoms with Crippen LogP contribution in [0.2, 0.25) is 0 Å². The van der Waals surface area contributed by atoms with E-state index in [0.717, 1.165) is 35.8 Å². The second kappa shape index (κ2) is 7.76. The van der Waals surface area contributed by atoms with Crippen LogP contribution < -0.4 is 9.64 Å². The van der Waals surface area contributed by atoms with Gasteiger partial charge in [-0.1, -0.05) is 12.1 Å². The van der Waals surface area contributed by atoms with Crippen molar-refractivity contribution in [2.24, 2.45) is 0 Å². The maximum absolute atomic E-state index is 13.0. The van der Waals surface area contributed by atoms with Crippen LogP contribution in [0.1, 0.15) is 17.3 Å². The van der Waals surface area contributed by atoms with Gasteiger partial charge in [0.05, 0.1) is 12.8 Å². The van der Waals surface area contributed by atoms with Crippen LogP contribution in [0.4, 0.5) is 5.69 Å². The molecular weight excluding hydrogens is 352 g/mol. The first-order valence-electron chi connectivity index (χ1n) is 9.45. The highest BCUT2D eigenvalue weighted by Gasteiger charge is 2.28. The third kappa shape index (κ3) is 3.58. The zero-order valence-electron chi connectivity index (χ0n) is 16.1. The zero-order valence-corrected chi connectivity index (χ0v) is 16.1. The fraction of sp³-hybridized carbons (Fsp3) is 0.273. The van der Waals surface area contributed by atoms with Gasteiger partial charge in [0.2, 0.25) is 0 Å². The number of H-pyrrole nitrogens is 1. The van der Waals surface area contributed by atoms with Crippen LogP contribution in [-0.4, -0.2) is 53.8 Å². The van der Waals surface area contributed by atoms with Gasteiger partial charge < -0.3 is 14.5 Å². The topological polar surface area (TPSA) is 61.5 Å². The van der Waals surface area contributed by atoms with Crippen LogP contribution in [0.5, 0.6) is 5.75 Å². The summed E-state index contributed by atoms with van der Waals surface area (Å²) in [4.78, 5) is 17.3. The summed E-state index contributed by atoms with van der Waals surface area (Å²) < 4.78 is 5.23. The Hall–Kier alpha value is -3.28. The monoisotopic (exact) mass is 376 g/mol. The number of piperazine rings is 1. The third-order valence-corrected chi connectivity index (χ3v) is 5.27. The van der Waals surface area contributed by atoms with Gasteiger partial charge in [0.25, 0.3) is 5.91 Å². The number of rotatable bonds is 4. The van der Waals surface area contributed by atoms with Crippen molar-refractivity contribution in [3.63, 3.8) is 0 Å². The first-order chi connectivity index (χ1) is 13.7. The Bertz CT molecular complexity index is 920. The van der Waals surface area contributed by atoms with Crippen molar-refractivity contribution in [3.05, 3.63) is 66.4 Å². The first-order valence-corrected chi connectivity index (χ1v) is 9.45. The average molecular weight is 376 g/mol. The number of hydrogen-bond acceptors (Lipinski definition) is 4. The molecule has 0 bridgehead atoms. The van der Waals surface area contributed by atoms with E-state index in [0.29, 0.717) is 12.1 Å². The van der Waals surface area contributed by atoms with Crippen molar-refractivity contribution in [1.29, 1.82) is 0 Å². The highest BCUT2D eigenvalue weighted by Crippen LogP contribution is 2.24. The molecule has 1 amide bonds. The number of hydrogen-bond donors (Lipinski definition) is 1. The molecule has 3 aromatic rings. The van der Waals surface area contributed by atoms with Crippen LogP contribution in [0.3, 0.4) is 0 Å². The molecule has 2 heterocycles. The second-order valence-electron chi connectivity index (χ2n) is 7.04. The summed E-state index contributed by atoms with van der Waals surface area (Å²) in [6.45, 7) is 4.43. The number of amides is 1. The lowest BCUT2D eigenvalue weighted by Gasteiger charge is -2.41. The Balaban J connectivity index is 1.43. The summed E-state index contributed by atoms with van der Waals surface area (Å²) in [5.74, 6) is 0.933. The average Bonchev–Trinajstić information content (AvgIpc) is 3.28. The highest BCUT2D eigenvalue weighted by molar-refractivity contribution is 5.95. The van der Waals surface area contributed by atoms with Crippen LogP contribution in [0, 0.1) is 0 Å². The first kappa shape index (κ1) is 18.1. The van der Waals surface area contributed by atoms with E-state index >= 15 is 0 Å². The molecule has 1 aliphatic rings. The molecule has 1 atom stereocenters. The van der Waals surface area contributed by atoms with Gasteiger partial charge in [-0.3, -0.25) is 9.89 Å². The number of aromatic amines is 1.